The number of nitrogens with zero attached hydrogens (tertiary/aromatic N) is 2. The second-order valence-corrected chi connectivity index (χ2v) is 8.25. The van der Waals surface area contributed by atoms with E-state index in [1.807, 2.05) is 24.3 Å². The van der Waals surface area contributed by atoms with Crippen LogP contribution in [-0.4, -0.2) is 15.9 Å². The van der Waals surface area contributed by atoms with Gasteiger partial charge in [0, 0.05) is 9.13 Å². The van der Waals surface area contributed by atoms with Gasteiger partial charge in [0.1, 0.15) is 5.82 Å². The Labute approximate surface area is 177 Å². The molecule has 0 saturated heterocycles. The Balaban J connectivity index is 1.81. The van der Waals surface area contributed by atoms with E-state index in [-0.39, 0.29) is 18.1 Å². The van der Waals surface area contributed by atoms with Crippen molar-refractivity contribution in [1.29, 1.82) is 0 Å². The highest BCUT2D eigenvalue weighted by Crippen LogP contribution is 2.22. The van der Waals surface area contributed by atoms with E-state index in [2.05, 4.69) is 51.7 Å². The van der Waals surface area contributed by atoms with Crippen LogP contribution in [0, 0.1) is 15.3 Å². The molecular formula is C22H21FIN3O. The van der Waals surface area contributed by atoms with Crippen molar-refractivity contribution in [1.82, 2.24) is 9.97 Å². The molecule has 3 aromatic rings. The number of rotatable bonds is 6. The third-order valence-corrected chi connectivity index (χ3v) is 4.84. The van der Waals surface area contributed by atoms with Crippen molar-refractivity contribution in [3.8, 4) is 11.3 Å². The molecule has 1 amide bonds. The number of aromatic nitrogens is 2. The first-order valence-electron chi connectivity index (χ1n) is 9.07. The van der Waals surface area contributed by atoms with Crippen LogP contribution in [0.2, 0.25) is 0 Å². The molecule has 1 aromatic heterocycles. The zero-order valence-corrected chi connectivity index (χ0v) is 17.9. The lowest BCUT2D eigenvalue weighted by Crippen LogP contribution is -2.18. The Morgan fingerprint density at radius 1 is 1.11 bits per heavy atom. The molecule has 0 unspecified atom stereocenters. The van der Waals surface area contributed by atoms with E-state index in [0.717, 1.165) is 20.4 Å². The summed E-state index contributed by atoms with van der Waals surface area (Å²) in [7, 11) is 0. The number of carbonyl (C=O) groups is 1. The molecule has 1 N–H and O–H groups in total. The van der Waals surface area contributed by atoms with Gasteiger partial charge in [0.25, 0.3) is 0 Å². The van der Waals surface area contributed by atoms with Gasteiger partial charge in [0.2, 0.25) is 5.91 Å². The minimum Gasteiger partial charge on any atom is -0.309 e. The van der Waals surface area contributed by atoms with Crippen molar-refractivity contribution < 1.29 is 9.18 Å². The van der Waals surface area contributed by atoms with Crippen molar-refractivity contribution in [3.63, 3.8) is 0 Å². The van der Waals surface area contributed by atoms with Crippen molar-refractivity contribution in [2.75, 3.05) is 5.32 Å². The molecule has 0 fully saturated rings. The lowest BCUT2D eigenvalue weighted by atomic mass is 10.1. The topological polar surface area (TPSA) is 54.9 Å². The summed E-state index contributed by atoms with van der Waals surface area (Å²) in [4.78, 5) is 21.6. The monoisotopic (exact) mass is 489 g/mol. The highest BCUT2D eigenvalue weighted by atomic mass is 127. The molecule has 0 saturated carbocycles. The lowest BCUT2D eigenvalue weighted by Gasteiger charge is -2.13. The molecule has 0 bridgehead atoms. The van der Waals surface area contributed by atoms with E-state index in [0.29, 0.717) is 23.9 Å². The summed E-state index contributed by atoms with van der Waals surface area (Å²) in [5, 5.41) is 2.89. The quantitative estimate of drug-likeness (QED) is 0.481. The molecule has 144 valence electrons. The maximum atomic E-state index is 13.2. The van der Waals surface area contributed by atoms with Crippen LogP contribution < -0.4 is 5.32 Å². The molecule has 3 rings (SSSR count). The fraction of sp³-hybridized carbons (Fsp3) is 0.227. The van der Waals surface area contributed by atoms with Crippen molar-refractivity contribution in [2.45, 2.75) is 26.7 Å². The largest absolute Gasteiger partial charge is 0.309 e. The predicted molar refractivity (Wildman–Crippen MR) is 117 cm³/mol. The molecule has 6 heteroatoms. The van der Waals surface area contributed by atoms with Gasteiger partial charge in [-0.05, 0) is 76.9 Å². The van der Waals surface area contributed by atoms with E-state index < -0.39 is 0 Å². The minimum absolute atomic E-state index is 0.130. The van der Waals surface area contributed by atoms with Crippen LogP contribution >= 0.6 is 22.6 Å². The Hall–Kier alpha value is -2.35. The number of carbonyl (C=O) groups excluding carboxylic acids is 1. The zero-order chi connectivity index (χ0) is 20.1. The van der Waals surface area contributed by atoms with Gasteiger partial charge < -0.3 is 5.32 Å². The summed E-state index contributed by atoms with van der Waals surface area (Å²) >= 11 is 2.23. The molecule has 0 radical (unpaired) electrons. The standard InChI is InChI=1S/C22H21FIN3O/c1-14(2)11-19-22(27-21(28)12-15-3-9-18(24)10-4-15)25-13-20(26-19)16-5-7-17(23)8-6-16/h3-10,13-14H,11-12H2,1-2H3,(H,25,27,28). The van der Waals surface area contributed by atoms with E-state index in [4.69, 9.17) is 0 Å². The molecule has 0 aliphatic carbocycles. The van der Waals surface area contributed by atoms with E-state index in [1.54, 1.807) is 18.3 Å². The van der Waals surface area contributed by atoms with Gasteiger partial charge in [-0.2, -0.15) is 0 Å². The van der Waals surface area contributed by atoms with Crippen LogP contribution in [0.3, 0.4) is 0 Å². The summed E-state index contributed by atoms with van der Waals surface area (Å²) in [6.07, 6.45) is 2.57. The predicted octanol–water partition coefficient (Wildman–Crippen LogP) is 5.27. The molecular weight excluding hydrogens is 468 g/mol. The average molecular weight is 489 g/mol. The number of amides is 1. The smallest absolute Gasteiger partial charge is 0.229 e. The molecule has 0 aliphatic heterocycles. The fourth-order valence-corrected chi connectivity index (χ4v) is 3.14. The summed E-state index contributed by atoms with van der Waals surface area (Å²) in [6, 6.07) is 14.0. The summed E-state index contributed by atoms with van der Waals surface area (Å²) in [6.45, 7) is 4.17. The second kappa shape index (κ2) is 9.23. The van der Waals surface area contributed by atoms with E-state index in [9.17, 15) is 9.18 Å². The van der Waals surface area contributed by atoms with Crippen molar-refractivity contribution in [2.24, 2.45) is 5.92 Å². The van der Waals surface area contributed by atoms with Gasteiger partial charge in [0.05, 0.1) is 24.0 Å². The number of halogens is 2. The van der Waals surface area contributed by atoms with Gasteiger partial charge in [-0.3, -0.25) is 4.79 Å². The maximum absolute atomic E-state index is 13.2. The Bertz CT molecular complexity index is 957. The maximum Gasteiger partial charge on any atom is 0.229 e. The first-order valence-corrected chi connectivity index (χ1v) is 10.1. The average Bonchev–Trinajstić information content (AvgIpc) is 2.65. The van der Waals surface area contributed by atoms with Crippen LogP contribution in [0.4, 0.5) is 10.2 Å². The number of hydrogen-bond donors (Lipinski definition) is 1. The molecule has 28 heavy (non-hydrogen) atoms. The SMILES string of the molecule is CC(C)Cc1nc(-c2ccc(F)cc2)cnc1NC(=O)Cc1ccc(I)cc1. The van der Waals surface area contributed by atoms with Gasteiger partial charge in [-0.1, -0.05) is 26.0 Å². The van der Waals surface area contributed by atoms with E-state index in [1.165, 1.54) is 12.1 Å². The van der Waals surface area contributed by atoms with Crippen LogP contribution in [0.5, 0.6) is 0 Å². The van der Waals surface area contributed by atoms with Crippen LogP contribution in [0.1, 0.15) is 25.1 Å². The lowest BCUT2D eigenvalue weighted by molar-refractivity contribution is -0.115. The minimum atomic E-state index is -0.293. The molecule has 0 spiro atoms. The second-order valence-electron chi connectivity index (χ2n) is 7.01. The van der Waals surface area contributed by atoms with Crippen LogP contribution in [0.15, 0.2) is 54.7 Å². The normalized spacial score (nSPS) is 10.9. The molecule has 0 atom stereocenters. The first-order chi connectivity index (χ1) is 13.4. The summed E-state index contributed by atoms with van der Waals surface area (Å²) < 4.78 is 14.3. The molecule has 0 aliphatic rings. The number of hydrogen-bond acceptors (Lipinski definition) is 3. The Kier molecular flexibility index (Phi) is 6.72. The third-order valence-electron chi connectivity index (χ3n) is 4.12. The van der Waals surface area contributed by atoms with Gasteiger partial charge in [-0.15, -0.1) is 0 Å². The van der Waals surface area contributed by atoms with Gasteiger partial charge in [-0.25, -0.2) is 14.4 Å². The van der Waals surface area contributed by atoms with Crippen LogP contribution in [-0.2, 0) is 17.6 Å². The van der Waals surface area contributed by atoms with Gasteiger partial charge >= 0.3 is 0 Å². The van der Waals surface area contributed by atoms with Gasteiger partial charge in [0.15, 0.2) is 5.82 Å². The number of nitrogens with one attached hydrogen (secondary N) is 1. The fourth-order valence-electron chi connectivity index (χ4n) is 2.78. The molecule has 2 aromatic carbocycles. The summed E-state index contributed by atoms with van der Waals surface area (Å²) in [5.41, 5.74) is 3.12. The molecule has 4 nitrogen and oxygen atoms in total. The van der Waals surface area contributed by atoms with E-state index >= 15 is 0 Å². The molecule has 1 heterocycles. The number of anilines is 1. The first kappa shape index (κ1) is 20.4. The Morgan fingerprint density at radius 2 is 1.79 bits per heavy atom. The zero-order valence-electron chi connectivity index (χ0n) is 15.7. The Morgan fingerprint density at radius 3 is 2.43 bits per heavy atom. The van der Waals surface area contributed by atoms with Crippen LogP contribution in [0.25, 0.3) is 11.3 Å². The van der Waals surface area contributed by atoms with Crippen molar-refractivity contribution in [3.05, 3.63) is 75.4 Å². The summed E-state index contributed by atoms with van der Waals surface area (Å²) in [5.74, 6) is 0.410. The third kappa shape index (κ3) is 5.58. The highest BCUT2D eigenvalue weighted by Gasteiger charge is 2.14. The number of benzene rings is 2. The highest BCUT2D eigenvalue weighted by molar-refractivity contribution is 14.1. The van der Waals surface area contributed by atoms with Crippen molar-refractivity contribution >= 4 is 34.3 Å².